The van der Waals surface area contributed by atoms with E-state index in [1.165, 1.54) is 0 Å². The number of hydrogen-bond acceptors (Lipinski definition) is 1. The van der Waals surface area contributed by atoms with Crippen molar-refractivity contribution in [3.8, 4) is 5.75 Å². The minimum absolute atomic E-state index is 0.642. The number of halogens is 2. The zero-order valence-electron chi connectivity index (χ0n) is 8.02. The summed E-state index contributed by atoms with van der Waals surface area (Å²) in [6.45, 7) is 6.23. The third-order valence-electron chi connectivity index (χ3n) is 1.86. The van der Waals surface area contributed by atoms with Crippen LogP contribution in [0.4, 0.5) is 0 Å². The van der Waals surface area contributed by atoms with Gasteiger partial charge in [-0.25, -0.2) is 0 Å². The summed E-state index contributed by atoms with van der Waals surface area (Å²) < 4.78 is 6.46. The van der Waals surface area contributed by atoms with Gasteiger partial charge in [-0.15, -0.1) is 6.58 Å². The van der Waals surface area contributed by atoms with Crippen molar-refractivity contribution >= 4 is 27.5 Å². The molecule has 0 atom stereocenters. The summed E-state index contributed by atoms with van der Waals surface area (Å²) in [7, 11) is 0. The van der Waals surface area contributed by atoms with Crippen LogP contribution in [0.1, 0.15) is 12.0 Å². The molecule has 0 heterocycles. The summed E-state index contributed by atoms with van der Waals surface area (Å²) in [5.41, 5.74) is 1.00. The van der Waals surface area contributed by atoms with Crippen molar-refractivity contribution in [1.29, 1.82) is 0 Å². The van der Waals surface area contributed by atoms with Crippen LogP contribution in [0.2, 0.25) is 5.02 Å². The third-order valence-corrected chi connectivity index (χ3v) is 3.26. The Morgan fingerprint density at radius 2 is 2.29 bits per heavy atom. The molecule has 0 saturated heterocycles. The SMILES string of the molecule is C=CCCOc1ccc(Cl)c(C)c1Br. The third kappa shape index (κ3) is 2.76. The molecular weight excluding hydrogens is 263 g/mol. The average molecular weight is 276 g/mol. The molecule has 0 spiro atoms. The van der Waals surface area contributed by atoms with E-state index in [2.05, 4.69) is 22.5 Å². The van der Waals surface area contributed by atoms with Crippen LogP contribution >= 0.6 is 27.5 Å². The second-order valence-electron chi connectivity index (χ2n) is 2.91. The molecule has 1 rings (SSSR count). The highest BCUT2D eigenvalue weighted by molar-refractivity contribution is 9.10. The first kappa shape index (κ1) is 11.6. The lowest BCUT2D eigenvalue weighted by Crippen LogP contribution is -1.97. The molecule has 0 radical (unpaired) electrons. The van der Waals surface area contributed by atoms with Gasteiger partial charge in [0.15, 0.2) is 0 Å². The fourth-order valence-corrected chi connectivity index (χ4v) is 1.73. The van der Waals surface area contributed by atoms with Crippen molar-refractivity contribution < 1.29 is 4.74 Å². The van der Waals surface area contributed by atoms with Gasteiger partial charge in [0.05, 0.1) is 11.1 Å². The fraction of sp³-hybridized carbons (Fsp3) is 0.273. The smallest absolute Gasteiger partial charge is 0.133 e. The zero-order valence-corrected chi connectivity index (χ0v) is 10.4. The average Bonchev–Trinajstić information content (AvgIpc) is 2.18. The Morgan fingerprint density at radius 1 is 1.57 bits per heavy atom. The monoisotopic (exact) mass is 274 g/mol. The van der Waals surface area contributed by atoms with Gasteiger partial charge in [-0.05, 0) is 47.0 Å². The molecule has 3 heteroatoms. The zero-order chi connectivity index (χ0) is 10.6. The highest BCUT2D eigenvalue weighted by Gasteiger charge is 2.06. The maximum atomic E-state index is 5.95. The van der Waals surface area contributed by atoms with E-state index in [1.807, 2.05) is 25.1 Å². The van der Waals surface area contributed by atoms with Crippen LogP contribution in [0.5, 0.6) is 5.75 Å². The van der Waals surface area contributed by atoms with E-state index in [0.29, 0.717) is 6.61 Å². The lowest BCUT2D eigenvalue weighted by Gasteiger charge is -2.09. The molecular formula is C11H12BrClO. The second-order valence-corrected chi connectivity index (χ2v) is 4.11. The van der Waals surface area contributed by atoms with Crippen molar-refractivity contribution in [3.63, 3.8) is 0 Å². The van der Waals surface area contributed by atoms with Crippen LogP contribution in [0.15, 0.2) is 29.3 Å². The Bertz CT molecular complexity index is 336. The molecule has 0 amide bonds. The van der Waals surface area contributed by atoms with Gasteiger partial charge in [-0.2, -0.15) is 0 Å². The quantitative estimate of drug-likeness (QED) is 0.586. The van der Waals surface area contributed by atoms with Crippen LogP contribution in [0.25, 0.3) is 0 Å². The molecule has 76 valence electrons. The molecule has 0 aliphatic carbocycles. The molecule has 0 fully saturated rings. The molecule has 1 aromatic carbocycles. The first-order valence-corrected chi connectivity index (χ1v) is 5.52. The van der Waals surface area contributed by atoms with Crippen LogP contribution < -0.4 is 4.74 Å². The minimum atomic E-state index is 0.642. The molecule has 0 saturated carbocycles. The molecule has 0 aliphatic heterocycles. The summed E-state index contributed by atoms with van der Waals surface area (Å²) in [6, 6.07) is 3.70. The highest BCUT2D eigenvalue weighted by atomic mass is 79.9. The molecule has 1 aromatic rings. The van der Waals surface area contributed by atoms with Crippen LogP contribution in [-0.4, -0.2) is 6.61 Å². The summed E-state index contributed by atoms with van der Waals surface area (Å²) in [5.74, 6) is 0.828. The number of benzene rings is 1. The van der Waals surface area contributed by atoms with Gasteiger partial charge in [0, 0.05) is 5.02 Å². The van der Waals surface area contributed by atoms with Gasteiger partial charge in [-0.1, -0.05) is 17.7 Å². The normalized spacial score (nSPS) is 9.93. The topological polar surface area (TPSA) is 9.23 Å². The fourth-order valence-electron chi connectivity index (χ4n) is 1.00. The first-order valence-electron chi connectivity index (χ1n) is 4.35. The van der Waals surface area contributed by atoms with E-state index >= 15 is 0 Å². The summed E-state index contributed by atoms with van der Waals surface area (Å²) in [4.78, 5) is 0. The maximum absolute atomic E-state index is 5.95. The van der Waals surface area contributed by atoms with Crippen LogP contribution in [-0.2, 0) is 0 Å². The molecule has 0 bridgehead atoms. The number of ether oxygens (including phenoxy) is 1. The lowest BCUT2D eigenvalue weighted by atomic mass is 10.2. The number of rotatable bonds is 4. The van der Waals surface area contributed by atoms with E-state index in [-0.39, 0.29) is 0 Å². The van der Waals surface area contributed by atoms with E-state index in [0.717, 1.165) is 27.2 Å². The van der Waals surface area contributed by atoms with E-state index in [1.54, 1.807) is 0 Å². The Morgan fingerprint density at radius 3 is 2.93 bits per heavy atom. The van der Waals surface area contributed by atoms with Gasteiger partial charge < -0.3 is 4.74 Å². The number of hydrogen-bond donors (Lipinski definition) is 0. The van der Waals surface area contributed by atoms with Crippen molar-refractivity contribution in [3.05, 3.63) is 39.8 Å². The maximum Gasteiger partial charge on any atom is 0.133 e. The summed E-state index contributed by atoms with van der Waals surface area (Å²) in [5, 5.41) is 0.743. The second kappa shape index (κ2) is 5.42. The van der Waals surface area contributed by atoms with Gasteiger partial charge in [-0.3, -0.25) is 0 Å². The summed E-state index contributed by atoms with van der Waals surface area (Å²) in [6.07, 6.45) is 2.67. The Labute approximate surface area is 97.9 Å². The van der Waals surface area contributed by atoms with Crippen molar-refractivity contribution in [2.75, 3.05) is 6.61 Å². The predicted molar refractivity (Wildman–Crippen MR) is 64.2 cm³/mol. The van der Waals surface area contributed by atoms with Crippen LogP contribution in [0.3, 0.4) is 0 Å². The first-order chi connectivity index (χ1) is 6.66. The van der Waals surface area contributed by atoms with Crippen molar-refractivity contribution in [1.82, 2.24) is 0 Å². The van der Waals surface area contributed by atoms with Gasteiger partial charge in [0.2, 0.25) is 0 Å². The van der Waals surface area contributed by atoms with Gasteiger partial charge in [0.1, 0.15) is 5.75 Å². The molecule has 0 aromatic heterocycles. The largest absolute Gasteiger partial charge is 0.492 e. The van der Waals surface area contributed by atoms with Crippen molar-refractivity contribution in [2.24, 2.45) is 0 Å². The van der Waals surface area contributed by atoms with Crippen molar-refractivity contribution in [2.45, 2.75) is 13.3 Å². The lowest BCUT2D eigenvalue weighted by molar-refractivity contribution is 0.323. The van der Waals surface area contributed by atoms with E-state index in [4.69, 9.17) is 16.3 Å². The predicted octanol–water partition coefficient (Wildman–Crippen LogP) is 4.37. The van der Waals surface area contributed by atoms with E-state index < -0.39 is 0 Å². The van der Waals surface area contributed by atoms with Gasteiger partial charge >= 0.3 is 0 Å². The Kier molecular flexibility index (Phi) is 4.49. The van der Waals surface area contributed by atoms with E-state index in [9.17, 15) is 0 Å². The Balaban J connectivity index is 2.78. The molecule has 0 aliphatic rings. The highest BCUT2D eigenvalue weighted by Crippen LogP contribution is 2.32. The molecule has 1 nitrogen and oxygen atoms in total. The Hall–Kier alpha value is -0.470. The molecule has 0 N–H and O–H groups in total. The standard InChI is InChI=1S/C11H12BrClO/c1-3-4-7-14-10-6-5-9(13)8(2)11(10)12/h3,5-6H,1,4,7H2,2H3. The molecule has 0 unspecified atom stereocenters. The minimum Gasteiger partial charge on any atom is -0.492 e. The van der Waals surface area contributed by atoms with Gasteiger partial charge in [0.25, 0.3) is 0 Å². The van der Waals surface area contributed by atoms with Crippen LogP contribution in [0, 0.1) is 6.92 Å². The molecule has 14 heavy (non-hydrogen) atoms. The summed E-state index contributed by atoms with van der Waals surface area (Å²) >= 11 is 9.39.